The van der Waals surface area contributed by atoms with Crippen LogP contribution in [-0.4, -0.2) is 84.8 Å². The Hall–Kier alpha value is -3.04. The number of carbonyl (C=O) groups is 3. The second kappa shape index (κ2) is 11.6. The summed E-state index contributed by atoms with van der Waals surface area (Å²) in [6.07, 6.45) is 1.16. The summed E-state index contributed by atoms with van der Waals surface area (Å²) < 4.78 is 31.3. The monoisotopic (exact) mass is 521 g/mol. The summed E-state index contributed by atoms with van der Waals surface area (Å²) in [7, 11) is 0. The first-order chi connectivity index (χ1) is 17.3. The van der Waals surface area contributed by atoms with Gasteiger partial charge in [-0.1, -0.05) is 0 Å². The van der Waals surface area contributed by atoms with E-state index in [0.29, 0.717) is 39.3 Å². The van der Waals surface area contributed by atoms with Gasteiger partial charge in [0.15, 0.2) is 17.2 Å². The van der Waals surface area contributed by atoms with Crippen molar-refractivity contribution in [2.24, 2.45) is 5.92 Å². The topological polar surface area (TPSA) is 88.6 Å². The molecular weight excluding hydrogens is 481 g/mol. The number of esters is 1. The zero-order chi connectivity index (χ0) is 27.4. The van der Waals surface area contributed by atoms with E-state index < -0.39 is 23.1 Å². The van der Waals surface area contributed by atoms with Gasteiger partial charge in [-0.05, 0) is 66.5 Å². The van der Waals surface area contributed by atoms with Gasteiger partial charge < -0.3 is 28.9 Å². The van der Waals surface area contributed by atoms with Crippen LogP contribution >= 0.6 is 0 Å². The number of rotatable bonds is 6. The third-order valence-electron chi connectivity index (χ3n) is 6.42. The fraction of sp³-hybridized carbons (Fsp3) is 0.667. The van der Waals surface area contributed by atoms with Crippen LogP contribution in [0, 0.1) is 11.7 Å². The van der Waals surface area contributed by atoms with Crippen molar-refractivity contribution in [1.29, 1.82) is 0 Å². The Bertz CT molecular complexity index is 985. The van der Waals surface area contributed by atoms with Gasteiger partial charge in [0.05, 0.1) is 12.5 Å². The average Bonchev–Trinajstić information content (AvgIpc) is 2.84. The summed E-state index contributed by atoms with van der Waals surface area (Å²) in [6.45, 7) is 13.3. The van der Waals surface area contributed by atoms with Crippen molar-refractivity contribution in [2.45, 2.75) is 65.6 Å². The van der Waals surface area contributed by atoms with E-state index in [-0.39, 0.29) is 23.5 Å². The summed E-state index contributed by atoms with van der Waals surface area (Å²) in [6, 6.07) is 4.55. The minimum atomic E-state index is -1.33. The molecule has 0 saturated carbocycles. The van der Waals surface area contributed by atoms with Crippen molar-refractivity contribution in [3.8, 4) is 5.75 Å². The smallest absolute Gasteiger partial charge is 0.410 e. The van der Waals surface area contributed by atoms with Gasteiger partial charge >= 0.3 is 12.1 Å². The van der Waals surface area contributed by atoms with Gasteiger partial charge in [-0.3, -0.25) is 9.59 Å². The zero-order valence-corrected chi connectivity index (χ0v) is 22.8. The SMILES string of the molecule is CCOC(=O)[C@@H]1CCCN(c2ccc(F)c(OC(C)(C)C(=O)N3CCN(C(=O)OC(C)(C)C)CC3)c2)C1. The molecule has 37 heavy (non-hydrogen) atoms. The molecule has 0 N–H and O–H groups in total. The van der Waals surface area contributed by atoms with Crippen LogP contribution < -0.4 is 9.64 Å². The maximum absolute atomic E-state index is 14.8. The first kappa shape index (κ1) is 28.5. The first-order valence-electron chi connectivity index (χ1n) is 13.0. The predicted octanol–water partition coefficient (Wildman–Crippen LogP) is 3.84. The lowest BCUT2D eigenvalue weighted by molar-refractivity contribution is -0.148. The number of halogens is 1. The van der Waals surface area contributed by atoms with Crippen molar-refractivity contribution in [3.05, 3.63) is 24.0 Å². The van der Waals surface area contributed by atoms with E-state index in [0.717, 1.165) is 25.1 Å². The molecule has 0 bridgehead atoms. The minimum Gasteiger partial charge on any atom is -0.475 e. The van der Waals surface area contributed by atoms with E-state index in [4.69, 9.17) is 14.2 Å². The fourth-order valence-corrected chi connectivity index (χ4v) is 4.55. The summed E-state index contributed by atoms with van der Waals surface area (Å²) in [4.78, 5) is 43.1. The molecule has 1 atom stereocenters. The molecule has 0 radical (unpaired) electrons. The number of nitrogens with zero attached hydrogens (tertiary/aromatic N) is 3. The molecular formula is C27H40FN3O6. The van der Waals surface area contributed by atoms with E-state index in [1.165, 1.54) is 6.07 Å². The molecule has 1 aromatic carbocycles. The van der Waals surface area contributed by atoms with Gasteiger partial charge in [-0.15, -0.1) is 0 Å². The Kier molecular flexibility index (Phi) is 8.92. The molecule has 0 aliphatic carbocycles. The van der Waals surface area contributed by atoms with E-state index in [1.54, 1.807) is 42.7 Å². The molecule has 0 aromatic heterocycles. The molecule has 10 heteroatoms. The molecule has 2 amide bonds. The normalized spacial score (nSPS) is 18.9. The van der Waals surface area contributed by atoms with E-state index >= 15 is 0 Å². The molecule has 2 heterocycles. The number of ether oxygens (including phenoxy) is 3. The number of hydrogen-bond donors (Lipinski definition) is 0. The highest BCUT2D eigenvalue weighted by atomic mass is 19.1. The van der Waals surface area contributed by atoms with Gasteiger partial charge in [-0.25, -0.2) is 9.18 Å². The van der Waals surface area contributed by atoms with Crippen molar-refractivity contribution < 1.29 is 33.0 Å². The number of benzene rings is 1. The van der Waals surface area contributed by atoms with Crippen LogP contribution in [0.1, 0.15) is 54.4 Å². The molecule has 2 fully saturated rings. The molecule has 206 valence electrons. The quantitative estimate of drug-likeness (QED) is 0.526. The second-order valence-electron chi connectivity index (χ2n) is 11.0. The largest absolute Gasteiger partial charge is 0.475 e. The first-order valence-corrected chi connectivity index (χ1v) is 13.0. The summed E-state index contributed by atoms with van der Waals surface area (Å²) in [5.74, 6) is -1.34. The van der Waals surface area contributed by atoms with Crippen LogP contribution in [0.2, 0.25) is 0 Å². The minimum absolute atomic E-state index is 0.0264. The Balaban J connectivity index is 1.64. The van der Waals surface area contributed by atoms with Gasteiger partial charge in [0.2, 0.25) is 0 Å². The van der Waals surface area contributed by atoms with Crippen molar-refractivity contribution in [3.63, 3.8) is 0 Å². The van der Waals surface area contributed by atoms with Crippen LogP contribution in [0.4, 0.5) is 14.9 Å². The maximum Gasteiger partial charge on any atom is 0.410 e. The molecule has 3 rings (SSSR count). The van der Waals surface area contributed by atoms with Crippen LogP contribution in [0.3, 0.4) is 0 Å². The average molecular weight is 522 g/mol. The van der Waals surface area contributed by atoms with Crippen molar-refractivity contribution >= 4 is 23.7 Å². The van der Waals surface area contributed by atoms with E-state index in [1.807, 2.05) is 25.7 Å². The van der Waals surface area contributed by atoms with E-state index in [9.17, 15) is 18.8 Å². The van der Waals surface area contributed by atoms with Crippen LogP contribution in [0.5, 0.6) is 5.75 Å². The van der Waals surface area contributed by atoms with Gasteiger partial charge in [0.25, 0.3) is 5.91 Å². The summed E-state index contributed by atoms with van der Waals surface area (Å²) in [5.41, 5.74) is -1.20. The second-order valence-corrected chi connectivity index (χ2v) is 11.0. The molecule has 2 saturated heterocycles. The Morgan fingerprint density at radius 2 is 1.65 bits per heavy atom. The molecule has 2 aliphatic heterocycles. The molecule has 0 unspecified atom stereocenters. The van der Waals surface area contributed by atoms with Crippen LogP contribution in [0.25, 0.3) is 0 Å². The number of hydrogen-bond acceptors (Lipinski definition) is 7. The Labute approximate surface area is 218 Å². The number of anilines is 1. The van der Waals surface area contributed by atoms with E-state index in [2.05, 4.69) is 0 Å². The highest BCUT2D eigenvalue weighted by Gasteiger charge is 2.38. The Morgan fingerprint density at radius 1 is 1.00 bits per heavy atom. The lowest BCUT2D eigenvalue weighted by Gasteiger charge is -2.39. The highest BCUT2D eigenvalue weighted by molar-refractivity contribution is 5.85. The molecule has 2 aliphatic rings. The standard InChI is InChI=1S/C27H40FN3O6/c1-7-35-23(32)19-9-8-12-31(18-19)20-10-11-21(28)22(17-20)36-27(5,6)24(33)29-13-15-30(16-14-29)25(34)37-26(2,3)4/h10-11,17,19H,7-9,12-16,18H2,1-6H3/t19-/m1/s1. The third-order valence-corrected chi connectivity index (χ3v) is 6.42. The lowest BCUT2D eigenvalue weighted by atomic mass is 9.97. The number of carbonyl (C=O) groups excluding carboxylic acids is 3. The van der Waals surface area contributed by atoms with Gasteiger partial charge in [-0.2, -0.15) is 0 Å². The number of piperidine rings is 1. The van der Waals surface area contributed by atoms with Gasteiger partial charge in [0, 0.05) is 51.0 Å². The van der Waals surface area contributed by atoms with Crippen LogP contribution in [0.15, 0.2) is 18.2 Å². The number of amides is 2. The molecule has 1 aromatic rings. The van der Waals surface area contributed by atoms with Crippen molar-refractivity contribution in [1.82, 2.24) is 9.80 Å². The van der Waals surface area contributed by atoms with Crippen molar-refractivity contribution in [2.75, 3.05) is 50.8 Å². The number of piperazine rings is 1. The maximum atomic E-state index is 14.8. The third kappa shape index (κ3) is 7.49. The fourth-order valence-electron chi connectivity index (χ4n) is 4.55. The molecule has 0 spiro atoms. The molecule has 9 nitrogen and oxygen atoms in total. The summed E-state index contributed by atoms with van der Waals surface area (Å²) >= 11 is 0. The van der Waals surface area contributed by atoms with Gasteiger partial charge in [0.1, 0.15) is 5.60 Å². The lowest BCUT2D eigenvalue weighted by Crippen LogP contribution is -2.57. The highest BCUT2D eigenvalue weighted by Crippen LogP contribution is 2.31. The zero-order valence-electron chi connectivity index (χ0n) is 22.8. The Morgan fingerprint density at radius 3 is 2.27 bits per heavy atom. The predicted molar refractivity (Wildman–Crippen MR) is 137 cm³/mol. The summed E-state index contributed by atoms with van der Waals surface area (Å²) in [5, 5.41) is 0. The van der Waals surface area contributed by atoms with Crippen LogP contribution in [-0.2, 0) is 19.1 Å².